The lowest BCUT2D eigenvalue weighted by atomic mass is 9.95. The first kappa shape index (κ1) is 13.6. The summed E-state index contributed by atoms with van der Waals surface area (Å²) in [5.74, 6) is 2.55. The minimum atomic E-state index is 0.550. The van der Waals surface area contributed by atoms with Crippen molar-refractivity contribution in [2.24, 2.45) is 5.92 Å². The number of piperidine rings is 1. The first-order valence-electron chi connectivity index (χ1n) is 7.31. The fourth-order valence-corrected chi connectivity index (χ4v) is 3.82. The second-order valence-electron chi connectivity index (χ2n) is 5.88. The summed E-state index contributed by atoms with van der Waals surface area (Å²) in [6.07, 6.45) is 2.55. The predicted molar refractivity (Wildman–Crippen MR) is 86.9 cm³/mol. The van der Waals surface area contributed by atoms with Crippen molar-refractivity contribution in [3.8, 4) is 0 Å². The van der Waals surface area contributed by atoms with Gasteiger partial charge in [0.2, 0.25) is 5.95 Å². The van der Waals surface area contributed by atoms with Crippen LogP contribution in [-0.4, -0.2) is 29.6 Å². The Morgan fingerprint density at radius 2 is 2.10 bits per heavy atom. The molecule has 0 bridgehead atoms. The minimum absolute atomic E-state index is 0.550. The van der Waals surface area contributed by atoms with E-state index in [2.05, 4.69) is 42.0 Å². The van der Waals surface area contributed by atoms with Crippen molar-refractivity contribution in [3.63, 3.8) is 0 Å². The summed E-state index contributed by atoms with van der Waals surface area (Å²) in [5.41, 5.74) is 0. The van der Waals surface area contributed by atoms with Gasteiger partial charge >= 0.3 is 0 Å². The van der Waals surface area contributed by atoms with Crippen LogP contribution in [0.1, 0.15) is 31.6 Å². The molecule has 2 unspecified atom stereocenters. The normalized spacial score (nSPS) is 23.3. The van der Waals surface area contributed by atoms with Crippen LogP contribution in [0.25, 0.3) is 10.2 Å². The summed E-state index contributed by atoms with van der Waals surface area (Å²) >= 11 is 1.74. The van der Waals surface area contributed by atoms with Gasteiger partial charge in [0, 0.05) is 24.5 Å². The van der Waals surface area contributed by atoms with Crippen LogP contribution >= 0.6 is 11.3 Å². The number of aryl methyl sites for hydroxylation is 1. The number of anilines is 2. The smallest absolute Gasteiger partial charge is 0.225 e. The van der Waals surface area contributed by atoms with Crippen molar-refractivity contribution in [1.29, 1.82) is 0 Å². The molecule has 1 aliphatic rings. The molecule has 108 valence electrons. The summed E-state index contributed by atoms with van der Waals surface area (Å²) in [7, 11) is 1.88. The Hall–Kier alpha value is -1.36. The van der Waals surface area contributed by atoms with Crippen LogP contribution < -0.4 is 10.2 Å². The molecule has 1 fully saturated rings. The molecule has 0 spiro atoms. The van der Waals surface area contributed by atoms with E-state index >= 15 is 0 Å². The Morgan fingerprint density at radius 1 is 1.30 bits per heavy atom. The van der Waals surface area contributed by atoms with Gasteiger partial charge in [-0.05, 0) is 38.7 Å². The van der Waals surface area contributed by atoms with Gasteiger partial charge in [-0.1, -0.05) is 6.92 Å². The molecule has 0 radical (unpaired) electrons. The molecule has 2 aromatic rings. The fraction of sp³-hybridized carbons (Fsp3) is 0.600. The van der Waals surface area contributed by atoms with Gasteiger partial charge in [-0.2, -0.15) is 4.98 Å². The fourth-order valence-electron chi connectivity index (χ4n) is 2.94. The lowest BCUT2D eigenvalue weighted by Gasteiger charge is -2.38. The highest BCUT2D eigenvalue weighted by Gasteiger charge is 2.26. The third-order valence-corrected chi connectivity index (χ3v) is 5.05. The standard InChI is InChI=1S/C15H22N4S/c1-9-5-6-10(2)19(8-9)13-12-7-11(3)20-14(12)18-15(16-4)17-13/h7,9-10H,5-6,8H2,1-4H3,(H,16,17,18). The largest absolute Gasteiger partial charge is 0.357 e. The highest BCUT2D eigenvalue weighted by molar-refractivity contribution is 7.18. The van der Waals surface area contributed by atoms with Gasteiger partial charge in [-0.25, -0.2) is 4.98 Å². The second kappa shape index (κ2) is 5.20. The zero-order chi connectivity index (χ0) is 14.3. The van der Waals surface area contributed by atoms with Crippen molar-refractivity contribution < 1.29 is 0 Å². The van der Waals surface area contributed by atoms with Crippen molar-refractivity contribution in [2.75, 3.05) is 23.8 Å². The zero-order valence-corrected chi connectivity index (χ0v) is 13.4. The summed E-state index contributed by atoms with van der Waals surface area (Å²) in [6.45, 7) is 7.86. The summed E-state index contributed by atoms with van der Waals surface area (Å²) in [4.78, 5) is 14.2. The predicted octanol–water partition coefficient (Wildman–Crippen LogP) is 3.67. The van der Waals surface area contributed by atoms with Crippen molar-refractivity contribution in [2.45, 2.75) is 39.7 Å². The Kier molecular flexibility index (Phi) is 3.54. The molecular weight excluding hydrogens is 268 g/mol. The van der Waals surface area contributed by atoms with E-state index in [-0.39, 0.29) is 0 Å². The molecule has 3 rings (SSSR count). The van der Waals surface area contributed by atoms with E-state index in [9.17, 15) is 0 Å². The molecule has 1 N–H and O–H groups in total. The first-order valence-corrected chi connectivity index (χ1v) is 8.12. The van der Waals surface area contributed by atoms with Crippen LogP contribution in [-0.2, 0) is 0 Å². The monoisotopic (exact) mass is 290 g/mol. The molecule has 0 amide bonds. The number of nitrogens with one attached hydrogen (secondary N) is 1. The molecule has 2 aromatic heterocycles. The lowest BCUT2D eigenvalue weighted by Crippen LogP contribution is -2.41. The van der Waals surface area contributed by atoms with Crippen LogP contribution in [0.15, 0.2) is 6.07 Å². The van der Waals surface area contributed by atoms with Crippen LogP contribution in [0, 0.1) is 12.8 Å². The summed E-state index contributed by atoms with van der Waals surface area (Å²) in [5, 5.41) is 4.29. The molecule has 20 heavy (non-hydrogen) atoms. The van der Waals surface area contributed by atoms with E-state index in [0.717, 1.165) is 29.1 Å². The maximum atomic E-state index is 4.75. The Bertz CT molecular complexity index is 622. The molecule has 1 saturated heterocycles. The van der Waals surface area contributed by atoms with Crippen LogP contribution in [0.3, 0.4) is 0 Å². The quantitative estimate of drug-likeness (QED) is 0.916. The Labute approximate surface area is 124 Å². The SMILES string of the molecule is CNc1nc(N2CC(C)CCC2C)c2cc(C)sc2n1. The van der Waals surface area contributed by atoms with E-state index in [0.29, 0.717) is 6.04 Å². The van der Waals surface area contributed by atoms with Gasteiger partial charge in [0.15, 0.2) is 0 Å². The number of nitrogens with zero attached hydrogens (tertiary/aromatic N) is 3. The number of fused-ring (bicyclic) bond motifs is 1. The van der Waals surface area contributed by atoms with Gasteiger partial charge in [-0.15, -0.1) is 11.3 Å². The minimum Gasteiger partial charge on any atom is -0.357 e. The van der Waals surface area contributed by atoms with E-state index in [1.54, 1.807) is 11.3 Å². The summed E-state index contributed by atoms with van der Waals surface area (Å²) < 4.78 is 0. The van der Waals surface area contributed by atoms with E-state index in [1.165, 1.54) is 23.1 Å². The zero-order valence-electron chi connectivity index (χ0n) is 12.6. The van der Waals surface area contributed by atoms with Crippen molar-refractivity contribution in [1.82, 2.24) is 9.97 Å². The van der Waals surface area contributed by atoms with Gasteiger partial charge < -0.3 is 10.2 Å². The maximum Gasteiger partial charge on any atom is 0.225 e. The van der Waals surface area contributed by atoms with E-state index in [4.69, 9.17) is 4.98 Å². The highest BCUT2D eigenvalue weighted by Crippen LogP contribution is 2.35. The molecule has 2 atom stereocenters. The lowest BCUT2D eigenvalue weighted by molar-refractivity contribution is 0.389. The number of aromatic nitrogens is 2. The van der Waals surface area contributed by atoms with Crippen molar-refractivity contribution in [3.05, 3.63) is 10.9 Å². The molecule has 0 aromatic carbocycles. The average Bonchev–Trinajstić information content (AvgIpc) is 2.80. The topological polar surface area (TPSA) is 41.1 Å². The molecule has 1 aliphatic heterocycles. The first-order chi connectivity index (χ1) is 9.58. The van der Waals surface area contributed by atoms with Gasteiger partial charge in [-0.3, -0.25) is 0 Å². The molecule has 5 heteroatoms. The highest BCUT2D eigenvalue weighted by atomic mass is 32.1. The maximum absolute atomic E-state index is 4.75. The Balaban J connectivity index is 2.12. The van der Waals surface area contributed by atoms with E-state index < -0.39 is 0 Å². The number of rotatable bonds is 2. The summed E-state index contributed by atoms with van der Waals surface area (Å²) in [6, 6.07) is 2.77. The molecule has 0 aliphatic carbocycles. The third-order valence-electron chi connectivity index (χ3n) is 4.11. The van der Waals surface area contributed by atoms with Crippen LogP contribution in [0.5, 0.6) is 0 Å². The second-order valence-corrected chi connectivity index (χ2v) is 7.12. The number of hydrogen-bond acceptors (Lipinski definition) is 5. The number of hydrogen-bond donors (Lipinski definition) is 1. The van der Waals surface area contributed by atoms with Gasteiger partial charge in [0.1, 0.15) is 10.6 Å². The molecule has 3 heterocycles. The molecule has 4 nitrogen and oxygen atoms in total. The Morgan fingerprint density at radius 3 is 2.85 bits per heavy atom. The average molecular weight is 290 g/mol. The van der Waals surface area contributed by atoms with Crippen molar-refractivity contribution >= 4 is 33.3 Å². The van der Waals surface area contributed by atoms with Crippen LogP contribution in [0.4, 0.5) is 11.8 Å². The van der Waals surface area contributed by atoms with Crippen LogP contribution in [0.2, 0.25) is 0 Å². The third kappa shape index (κ3) is 2.35. The van der Waals surface area contributed by atoms with E-state index in [1.807, 2.05) is 7.05 Å². The molecular formula is C15H22N4S. The molecule has 0 saturated carbocycles. The van der Waals surface area contributed by atoms with Gasteiger partial charge in [0.05, 0.1) is 5.39 Å². The van der Waals surface area contributed by atoms with Gasteiger partial charge in [0.25, 0.3) is 0 Å². The number of thiophene rings is 1.